The lowest BCUT2D eigenvalue weighted by molar-refractivity contribution is 0.0999. The molecule has 2 N–H and O–H groups in total. The SMILES string of the molecule is CC(=O)c1ccc(C2=CC(=O)c3c(O)cc(O)cc3C2=O)s1. The largest absolute Gasteiger partial charge is 0.508 e. The molecule has 0 spiro atoms. The van der Waals surface area contributed by atoms with Crippen LogP contribution < -0.4 is 0 Å². The molecule has 0 radical (unpaired) electrons. The van der Waals surface area contributed by atoms with Crippen molar-refractivity contribution in [2.45, 2.75) is 6.92 Å². The zero-order chi connectivity index (χ0) is 16.0. The van der Waals surface area contributed by atoms with E-state index in [1.165, 1.54) is 6.92 Å². The van der Waals surface area contributed by atoms with Crippen LogP contribution in [0.5, 0.6) is 11.5 Å². The monoisotopic (exact) mass is 314 g/mol. The summed E-state index contributed by atoms with van der Waals surface area (Å²) in [5.41, 5.74) is -0.00678. The van der Waals surface area contributed by atoms with E-state index in [1.807, 2.05) is 0 Å². The van der Waals surface area contributed by atoms with Gasteiger partial charge >= 0.3 is 0 Å². The Morgan fingerprint density at radius 3 is 2.50 bits per heavy atom. The summed E-state index contributed by atoms with van der Waals surface area (Å²) >= 11 is 1.12. The van der Waals surface area contributed by atoms with E-state index in [-0.39, 0.29) is 28.2 Å². The van der Waals surface area contributed by atoms with Gasteiger partial charge in [0.15, 0.2) is 17.3 Å². The highest BCUT2D eigenvalue weighted by Gasteiger charge is 2.30. The summed E-state index contributed by atoms with van der Waals surface area (Å²) in [5.74, 6) is -1.84. The topological polar surface area (TPSA) is 91.7 Å². The number of phenolic OH excluding ortho intramolecular Hbond substituents is 2. The Labute approximate surface area is 129 Å². The van der Waals surface area contributed by atoms with Crippen LogP contribution in [0.1, 0.15) is 42.2 Å². The predicted molar refractivity (Wildman–Crippen MR) is 80.7 cm³/mol. The summed E-state index contributed by atoms with van der Waals surface area (Å²) in [6, 6.07) is 5.37. The summed E-state index contributed by atoms with van der Waals surface area (Å²) in [6.07, 6.45) is 1.15. The molecule has 0 unspecified atom stereocenters. The third kappa shape index (κ3) is 2.14. The van der Waals surface area contributed by atoms with Crippen LogP contribution in [-0.4, -0.2) is 27.6 Å². The predicted octanol–water partition coefficient (Wildman–Crippen LogP) is 2.82. The number of hydrogen-bond acceptors (Lipinski definition) is 6. The molecule has 5 nitrogen and oxygen atoms in total. The summed E-state index contributed by atoms with van der Waals surface area (Å²) in [4.78, 5) is 37.0. The number of benzene rings is 1. The van der Waals surface area contributed by atoms with Crippen molar-refractivity contribution in [3.05, 3.63) is 51.2 Å². The van der Waals surface area contributed by atoms with E-state index in [0.717, 1.165) is 29.5 Å². The molecular weight excluding hydrogens is 304 g/mol. The van der Waals surface area contributed by atoms with E-state index in [9.17, 15) is 24.6 Å². The molecule has 0 fully saturated rings. The molecular formula is C16H10O5S. The number of hydrogen-bond donors (Lipinski definition) is 2. The molecule has 0 aliphatic heterocycles. The lowest BCUT2D eigenvalue weighted by Crippen LogP contribution is -2.15. The highest BCUT2D eigenvalue weighted by molar-refractivity contribution is 7.15. The van der Waals surface area contributed by atoms with E-state index in [0.29, 0.717) is 9.75 Å². The first-order valence-corrected chi connectivity index (χ1v) is 7.18. The zero-order valence-corrected chi connectivity index (χ0v) is 12.2. The van der Waals surface area contributed by atoms with Gasteiger partial charge in [0.2, 0.25) is 0 Å². The van der Waals surface area contributed by atoms with E-state index >= 15 is 0 Å². The van der Waals surface area contributed by atoms with Gasteiger partial charge in [-0.15, -0.1) is 11.3 Å². The van der Waals surface area contributed by atoms with Gasteiger partial charge in [-0.3, -0.25) is 14.4 Å². The highest BCUT2D eigenvalue weighted by atomic mass is 32.1. The minimum absolute atomic E-state index is 0.0437. The summed E-state index contributed by atoms with van der Waals surface area (Å²) < 4.78 is 0. The molecule has 0 bridgehead atoms. The van der Waals surface area contributed by atoms with Gasteiger partial charge in [-0.1, -0.05) is 0 Å². The van der Waals surface area contributed by atoms with Crippen LogP contribution in [0.3, 0.4) is 0 Å². The number of fused-ring (bicyclic) bond motifs is 1. The average molecular weight is 314 g/mol. The Morgan fingerprint density at radius 1 is 1.14 bits per heavy atom. The van der Waals surface area contributed by atoms with Crippen molar-refractivity contribution in [2.75, 3.05) is 0 Å². The van der Waals surface area contributed by atoms with Crippen LogP contribution in [0.2, 0.25) is 0 Å². The Balaban J connectivity index is 2.14. The third-order valence-electron chi connectivity index (χ3n) is 3.33. The standard InChI is InChI=1S/C16H10O5S/c1-7(17)13-2-3-14(22-13)9-6-12(20)15-10(16(9)21)4-8(18)5-11(15)19/h2-6,18-19H,1H3. The first-order valence-electron chi connectivity index (χ1n) is 6.36. The molecule has 0 amide bonds. The molecule has 1 aliphatic carbocycles. The molecule has 22 heavy (non-hydrogen) atoms. The van der Waals surface area contributed by atoms with Gasteiger partial charge in [-0.2, -0.15) is 0 Å². The number of carbonyl (C=O) groups is 3. The second kappa shape index (κ2) is 4.92. The molecule has 1 aromatic heterocycles. The fraction of sp³-hybridized carbons (Fsp3) is 0.0625. The molecule has 110 valence electrons. The maximum Gasteiger partial charge on any atom is 0.195 e. The molecule has 0 atom stereocenters. The van der Waals surface area contributed by atoms with Gasteiger partial charge in [-0.25, -0.2) is 0 Å². The van der Waals surface area contributed by atoms with E-state index < -0.39 is 17.3 Å². The van der Waals surface area contributed by atoms with Crippen molar-refractivity contribution in [2.24, 2.45) is 0 Å². The van der Waals surface area contributed by atoms with Crippen molar-refractivity contribution < 1.29 is 24.6 Å². The smallest absolute Gasteiger partial charge is 0.195 e. The van der Waals surface area contributed by atoms with Gasteiger partial charge in [0.1, 0.15) is 11.5 Å². The first kappa shape index (κ1) is 14.2. The second-order valence-corrected chi connectivity index (χ2v) is 5.94. The van der Waals surface area contributed by atoms with Crippen LogP contribution in [0.4, 0.5) is 0 Å². The van der Waals surface area contributed by atoms with Gasteiger partial charge in [0.05, 0.1) is 10.4 Å². The van der Waals surface area contributed by atoms with Crippen molar-refractivity contribution in [1.29, 1.82) is 0 Å². The number of thiophene rings is 1. The summed E-state index contributed by atoms with van der Waals surface area (Å²) in [6.45, 7) is 1.42. The van der Waals surface area contributed by atoms with Gasteiger partial charge < -0.3 is 10.2 Å². The number of allylic oxidation sites excluding steroid dienone is 2. The van der Waals surface area contributed by atoms with Gasteiger partial charge in [0.25, 0.3) is 0 Å². The first-order chi connectivity index (χ1) is 10.4. The van der Waals surface area contributed by atoms with Crippen molar-refractivity contribution >= 4 is 34.3 Å². The highest BCUT2D eigenvalue weighted by Crippen LogP contribution is 2.37. The van der Waals surface area contributed by atoms with Crippen LogP contribution in [0.15, 0.2) is 30.3 Å². The number of carbonyl (C=O) groups excluding carboxylic acids is 3. The molecule has 3 rings (SSSR count). The Hall–Kier alpha value is -2.73. The number of rotatable bonds is 2. The van der Waals surface area contributed by atoms with Crippen LogP contribution in [0.25, 0.3) is 5.57 Å². The number of aromatic hydroxyl groups is 2. The average Bonchev–Trinajstić information content (AvgIpc) is 2.91. The van der Waals surface area contributed by atoms with Crippen LogP contribution in [-0.2, 0) is 0 Å². The maximum atomic E-state index is 12.5. The van der Waals surface area contributed by atoms with E-state index in [4.69, 9.17) is 0 Å². The number of Topliss-reactive ketones (excluding diaryl/α,β-unsaturated/α-hetero) is 2. The third-order valence-corrected chi connectivity index (χ3v) is 4.55. The molecule has 2 aromatic rings. The Bertz CT molecular complexity index is 873. The van der Waals surface area contributed by atoms with Gasteiger partial charge in [-0.05, 0) is 31.2 Å². The lowest BCUT2D eigenvalue weighted by atomic mass is 9.88. The minimum Gasteiger partial charge on any atom is -0.508 e. The number of phenols is 2. The quantitative estimate of drug-likeness (QED) is 0.832. The number of ketones is 3. The van der Waals surface area contributed by atoms with Crippen molar-refractivity contribution in [1.82, 2.24) is 0 Å². The summed E-state index contributed by atoms with van der Waals surface area (Å²) in [7, 11) is 0. The second-order valence-electron chi connectivity index (χ2n) is 4.86. The maximum absolute atomic E-state index is 12.5. The zero-order valence-electron chi connectivity index (χ0n) is 11.4. The lowest BCUT2D eigenvalue weighted by Gasteiger charge is -2.15. The molecule has 6 heteroatoms. The molecule has 1 heterocycles. The normalized spacial score (nSPS) is 13.8. The fourth-order valence-corrected chi connectivity index (χ4v) is 3.23. The molecule has 0 saturated carbocycles. The molecule has 1 aromatic carbocycles. The minimum atomic E-state index is -0.514. The van der Waals surface area contributed by atoms with Crippen LogP contribution >= 0.6 is 11.3 Å². The van der Waals surface area contributed by atoms with E-state index in [1.54, 1.807) is 12.1 Å². The summed E-state index contributed by atoms with van der Waals surface area (Å²) in [5, 5.41) is 19.3. The Kier molecular flexibility index (Phi) is 3.18. The van der Waals surface area contributed by atoms with Crippen LogP contribution in [0, 0.1) is 0 Å². The Morgan fingerprint density at radius 2 is 1.86 bits per heavy atom. The van der Waals surface area contributed by atoms with Gasteiger partial charge in [0, 0.05) is 22.1 Å². The van der Waals surface area contributed by atoms with Crippen molar-refractivity contribution in [3.63, 3.8) is 0 Å². The molecule has 1 aliphatic rings. The fourth-order valence-electron chi connectivity index (χ4n) is 2.32. The molecule has 0 saturated heterocycles. The van der Waals surface area contributed by atoms with E-state index in [2.05, 4.69) is 0 Å². The van der Waals surface area contributed by atoms with Crippen molar-refractivity contribution in [3.8, 4) is 11.5 Å².